The van der Waals surface area contributed by atoms with Crippen LogP contribution < -0.4 is 10.6 Å². The fourth-order valence-corrected chi connectivity index (χ4v) is 2.20. The average Bonchev–Trinajstić information content (AvgIpc) is 2.48. The smallest absolute Gasteiger partial charge is 0.132 e. The van der Waals surface area contributed by atoms with E-state index in [1.54, 1.807) is 0 Å². The molecule has 100 valence electrons. The predicted octanol–water partition coefficient (Wildman–Crippen LogP) is 4.41. The fourth-order valence-electron chi connectivity index (χ4n) is 2.20. The van der Waals surface area contributed by atoms with E-state index in [1.165, 1.54) is 10.8 Å². The highest BCUT2D eigenvalue weighted by molar-refractivity contribution is 5.86. The Balaban J connectivity index is 1.87. The van der Waals surface area contributed by atoms with E-state index in [1.807, 2.05) is 18.2 Å². The third-order valence-electron chi connectivity index (χ3n) is 3.13. The first-order valence-corrected chi connectivity index (χ1v) is 6.82. The molecule has 3 aromatic rings. The van der Waals surface area contributed by atoms with E-state index in [0.717, 1.165) is 23.9 Å². The molecule has 0 fully saturated rings. The van der Waals surface area contributed by atoms with Crippen LogP contribution in [0.4, 0.5) is 17.3 Å². The molecule has 1 heterocycles. The standard InChI is InChI=1S/C17H17N3/c1-2-18-16-8-5-9-17(20-16)19-15-11-10-13-6-3-4-7-14(13)12-15/h3-12H,2H2,1H3,(H2,18,19,20). The summed E-state index contributed by atoms with van der Waals surface area (Å²) < 4.78 is 0. The molecule has 1 aromatic heterocycles. The third kappa shape index (κ3) is 2.72. The van der Waals surface area contributed by atoms with Gasteiger partial charge in [0.1, 0.15) is 11.6 Å². The minimum Gasteiger partial charge on any atom is -0.370 e. The van der Waals surface area contributed by atoms with E-state index in [0.29, 0.717) is 0 Å². The summed E-state index contributed by atoms with van der Waals surface area (Å²) in [5.41, 5.74) is 1.05. The topological polar surface area (TPSA) is 37.0 Å². The summed E-state index contributed by atoms with van der Waals surface area (Å²) in [6, 6.07) is 20.6. The molecule has 0 bridgehead atoms. The van der Waals surface area contributed by atoms with Crippen LogP contribution in [0.2, 0.25) is 0 Å². The second kappa shape index (κ2) is 5.61. The van der Waals surface area contributed by atoms with E-state index in [9.17, 15) is 0 Å². The fraction of sp³-hybridized carbons (Fsp3) is 0.118. The lowest BCUT2D eigenvalue weighted by Gasteiger charge is -2.09. The first-order chi connectivity index (χ1) is 9.85. The van der Waals surface area contributed by atoms with Gasteiger partial charge < -0.3 is 10.6 Å². The molecule has 0 radical (unpaired) electrons. The van der Waals surface area contributed by atoms with Crippen molar-refractivity contribution in [1.82, 2.24) is 4.98 Å². The molecule has 0 aliphatic rings. The first-order valence-electron chi connectivity index (χ1n) is 6.82. The summed E-state index contributed by atoms with van der Waals surface area (Å²) in [5.74, 6) is 1.73. The number of pyridine rings is 1. The van der Waals surface area contributed by atoms with Crippen molar-refractivity contribution in [3.8, 4) is 0 Å². The maximum absolute atomic E-state index is 4.52. The highest BCUT2D eigenvalue weighted by Gasteiger charge is 1.99. The molecule has 0 saturated heterocycles. The van der Waals surface area contributed by atoms with Crippen LogP contribution in [0.25, 0.3) is 10.8 Å². The van der Waals surface area contributed by atoms with Gasteiger partial charge in [-0.3, -0.25) is 0 Å². The lowest BCUT2D eigenvalue weighted by atomic mass is 10.1. The van der Waals surface area contributed by atoms with Gasteiger partial charge in [-0.25, -0.2) is 4.98 Å². The zero-order chi connectivity index (χ0) is 13.8. The maximum atomic E-state index is 4.52. The number of aromatic nitrogens is 1. The Morgan fingerprint density at radius 1 is 0.850 bits per heavy atom. The van der Waals surface area contributed by atoms with Crippen molar-refractivity contribution in [3.63, 3.8) is 0 Å². The van der Waals surface area contributed by atoms with Gasteiger partial charge in [0.15, 0.2) is 0 Å². The Labute approximate surface area is 118 Å². The lowest BCUT2D eigenvalue weighted by molar-refractivity contribution is 1.16. The number of anilines is 3. The third-order valence-corrected chi connectivity index (χ3v) is 3.13. The van der Waals surface area contributed by atoms with Crippen molar-refractivity contribution in [2.75, 3.05) is 17.2 Å². The van der Waals surface area contributed by atoms with Crippen LogP contribution in [0.5, 0.6) is 0 Å². The van der Waals surface area contributed by atoms with Gasteiger partial charge in [-0.2, -0.15) is 0 Å². The molecule has 0 atom stereocenters. The second-order valence-electron chi connectivity index (χ2n) is 4.63. The van der Waals surface area contributed by atoms with Crippen molar-refractivity contribution in [1.29, 1.82) is 0 Å². The molecule has 3 rings (SSSR count). The van der Waals surface area contributed by atoms with Crippen LogP contribution in [0.3, 0.4) is 0 Å². The Kier molecular flexibility index (Phi) is 3.50. The summed E-state index contributed by atoms with van der Waals surface area (Å²) in [7, 11) is 0. The molecule has 0 amide bonds. The first kappa shape index (κ1) is 12.5. The molecule has 0 aliphatic heterocycles. The molecule has 2 aromatic carbocycles. The van der Waals surface area contributed by atoms with Crippen LogP contribution in [-0.2, 0) is 0 Å². The molecule has 20 heavy (non-hydrogen) atoms. The van der Waals surface area contributed by atoms with Crippen LogP contribution in [-0.4, -0.2) is 11.5 Å². The van der Waals surface area contributed by atoms with Crippen LogP contribution in [0.15, 0.2) is 60.7 Å². The number of nitrogens with one attached hydrogen (secondary N) is 2. The van der Waals surface area contributed by atoms with Gasteiger partial charge in [-0.15, -0.1) is 0 Å². The summed E-state index contributed by atoms with van der Waals surface area (Å²) in [6.45, 7) is 2.93. The zero-order valence-electron chi connectivity index (χ0n) is 11.4. The number of fused-ring (bicyclic) bond motifs is 1. The minimum atomic E-state index is 0.846. The SMILES string of the molecule is CCNc1cccc(Nc2ccc3ccccc3c2)n1. The lowest BCUT2D eigenvalue weighted by Crippen LogP contribution is -2.01. The van der Waals surface area contributed by atoms with E-state index in [2.05, 4.69) is 65.0 Å². The van der Waals surface area contributed by atoms with Crippen LogP contribution in [0, 0.1) is 0 Å². The van der Waals surface area contributed by atoms with E-state index in [-0.39, 0.29) is 0 Å². The number of hydrogen-bond donors (Lipinski definition) is 2. The molecule has 2 N–H and O–H groups in total. The Morgan fingerprint density at radius 2 is 1.65 bits per heavy atom. The van der Waals surface area contributed by atoms with Crippen LogP contribution >= 0.6 is 0 Å². The monoisotopic (exact) mass is 263 g/mol. The number of nitrogens with zero attached hydrogens (tertiary/aromatic N) is 1. The number of rotatable bonds is 4. The van der Waals surface area contributed by atoms with E-state index >= 15 is 0 Å². The molecule has 3 nitrogen and oxygen atoms in total. The van der Waals surface area contributed by atoms with E-state index in [4.69, 9.17) is 0 Å². The van der Waals surface area contributed by atoms with Gasteiger partial charge in [-0.1, -0.05) is 36.4 Å². The summed E-state index contributed by atoms with van der Waals surface area (Å²) in [4.78, 5) is 4.52. The molecular formula is C17H17N3. The normalized spacial score (nSPS) is 10.4. The highest BCUT2D eigenvalue weighted by Crippen LogP contribution is 2.22. The number of benzene rings is 2. The zero-order valence-corrected chi connectivity index (χ0v) is 11.4. The quantitative estimate of drug-likeness (QED) is 0.732. The van der Waals surface area contributed by atoms with Crippen molar-refractivity contribution >= 4 is 28.1 Å². The molecule has 3 heteroatoms. The number of hydrogen-bond acceptors (Lipinski definition) is 3. The average molecular weight is 263 g/mol. The highest BCUT2D eigenvalue weighted by atomic mass is 15.1. The van der Waals surface area contributed by atoms with Gasteiger partial charge in [0.25, 0.3) is 0 Å². The van der Waals surface area contributed by atoms with Crippen LogP contribution in [0.1, 0.15) is 6.92 Å². The van der Waals surface area contributed by atoms with Gasteiger partial charge in [0.05, 0.1) is 0 Å². The van der Waals surface area contributed by atoms with Crippen molar-refractivity contribution < 1.29 is 0 Å². The van der Waals surface area contributed by atoms with Crippen molar-refractivity contribution in [2.24, 2.45) is 0 Å². The van der Waals surface area contributed by atoms with E-state index < -0.39 is 0 Å². The Bertz CT molecular complexity index is 722. The maximum Gasteiger partial charge on any atom is 0.132 e. The molecular weight excluding hydrogens is 246 g/mol. The molecule has 0 spiro atoms. The second-order valence-corrected chi connectivity index (χ2v) is 4.63. The summed E-state index contributed by atoms with van der Waals surface area (Å²) in [6.07, 6.45) is 0. The van der Waals surface area contributed by atoms with Gasteiger partial charge in [0.2, 0.25) is 0 Å². The Hall–Kier alpha value is -2.55. The predicted molar refractivity (Wildman–Crippen MR) is 85.6 cm³/mol. The largest absolute Gasteiger partial charge is 0.370 e. The minimum absolute atomic E-state index is 0.846. The molecule has 0 aliphatic carbocycles. The summed E-state index contributed by atoms with van der Waals surface area (Å²) >= 11 is 0. The van der Waals surface area contributed by atoms with Gasteiger partial charge in [0, 0.05) is 12.2 Å². The Morgan fingerprint density at radius 3 is 2.50 bits per heavy atom. The summed E-state index contributed by atoms with van der Waals surface area (Å²) in [5, 5.41) is 9.02. The van der Waals surface area contributed by atoms with Gasteiger partial charge >= 0.3 is 0 Å². The molecule has 0 unspecified atom stereocenters. The molecule has 0 saturated carbocycles. The van der Waals surface area contributed by atoms with Gasteiger partial charge in [-0.05, 0) is 42.0 Å². The van der Waals surface area contributed by atoms with Crippen molar-refractivity contribution in [3.05, 3.63) is 60.7 Å². The van der Waals surface area contributed by atoms with Crippen molar-refractivity contribution in [2.45, 2.75) is 6.92 Å².